The molecule has 16 heavy (non-hydrogen) atoms. The summed E-state index contributed by atoms with van der Waals surface area (Å²) in [4.78, 5) is 21.9. The van der Waals surface area contributed by atoms with Crippen LogP contribution in [0.2, 0.25) is 0 Å². The van der Waals surface area contributed by atoms with Gasteiger partial charge in [-0.1, -0.05) is 30.3 Å². The topological polar surface area (TPSA) is 46.2 Å². The number of halogens is 1. The molecule has 0 aliphatic heterocycles. The zero-order chi connectivity index (χ0) is 11.8. The third kappa shape index (κ3) is 5.85. The van der Waals surface area contributed by atoms with Crippen molar-refractivity contribution in [1.29, 1.82) is 0 Å². The van der Waals surface area contributed by atoms with Crippen molar-refractivity contribution < 1.29 is 9.59 Å². The van der Waals surface area contributed by atoms with Crippen LogP contribution in [-0.4, -0.2) is 16.2 Å². The zero-order valence-electron chi connectivity index (χ0n) is 8.91. The van der Waals surface area contributed by atoms with Gasteiger partial charge >= 0.3 is 0 Å². The van der Waals surface area contributed by atoms with Gasteiger partial charge in [-0.05, 0) is 34.6 Å². The van der Waals surface area contributed by atoms with Crippen LogP contribution in [0.1, 0.15) is 18.4 Å². The smallest absolute Gasteiger partial charge is 0.220 e. The Morgan fingerprint density at radius 1 is 1.12 bits per heavy atom. The maximum Gasteiger partial charge on any atom is 0.220 e. The number of hydrogen-bond donors (Lipinski definition) is 1. The summed E-state index contributed by atoms with van der Waals surface area (Å²) in [6.07, 6.45) is 1.43. The molecular formula is C12H14INO2. The number of carbonyl (C=O) groups is 2. The molecule has 0 spiro atoms. The van der Waals surface area contributed by atoms with Crippen molar-refractivity contribution in [3.63, 3.8) is 0 Å². The molecule has 86 valence electrons. The van der Waals surface area contributed by atoms with Gasteiger partial charge in [0.2, 0.25) is 5.91 Å². The predicted molar refractivity (Wildman–Crippen MR) is 71.4 cm³/mol. The van der Waals surface area contributed by atoms with Crippen LogP contribution < -0.4 is 5.32 Å². The fourth-order valence-electron chi connectivity index (χ4n) is 1.29. The third-order valence-corrected chi connectivity index (χ3v) is 2.67. The van der Waals surface area contributed by atoms with Crippen molar-refractivity contribution >= 4 is 32.3 Å². The maximum absolute atomic E-state index is 11.3. The van der Waals surface area contributed by atoms with Crippen molar-refractivity contribution in [1.82, 2.24) is 5.32 Å². The average molecular weight is 331 g/mol. The quantitative estimate of drug-likeness (QED) is 0.641. The van der Waals surface area contributed by atoms with Gasteiger partial charge in [0.1, 0.15) is 0 Å². The monoisotopic (exact) mass is 331 g/mol. The molecule has 1 aromatic carbocycles. The van der Waals surface area contributed by atoms with Gasteiger partial charge in [0, 0.05) is 19.4 Å². The summed E-state index contributed by atoms with van der Waals surface area (Å²) in [5.74, 6) is -0.0547. The minimum absolute atomic E-state index is 0.0239. The van der Waals surface area contributed by atoms with E-state index in [1.807, 2.05) is 30.3 Å². The molecular weight excluding hydrogens is 317 g/mol. The average Bonchev–Trinajstić information content (AvgIpc) is 2.28. The normalized spacial score (nSPS) is 9.81. The lowest BCUT2D eigenvalue weighted by Crippen LogP contribution is -2.25. The van der Waals surface area contributed by atoms with E-state index in [4.69, 9.17) is 0 Å². The zero-order valence-corrected chi connectivity index (χ0v) is 11.1. The van der Waals surface area contributed by atoms with E-state index in [9.17, 15) is 9.59 Å². The summed E-state index contributed by atoms with van der Waals surface area (Å²) in [5.41, 5.74) is 1.20. The SMILES string of the molecule is O=C(I)CCC(=O)NCCc1ccccc1. The summed E-state index contributed by atoms with van der Waals surface area (Å²) in [5, 5.41) is 2.79. The molecule has 0 atom stereocenters. The lowest BCUT2D eigenvalue weighted by molar-refractivity contribution is -0.122. The molecule has 1 N–H and O–H groups in total. The van der Waals surface area contributed by atoms with E-state index in [0.29, 0.717) is 13.0 Å². The molecule has 0 bridgehead atoms. The number of rotatable bonds is 6. The predicted octanol–water partition coefficient (Wildman–Crippen LogP) is 2.09. The van der Waals surface area contributed by atoms with Crippen LogP contribution >= 0.6 is 22.6 Å². The number of carbonyl (C=O) groups excluding carboxylic acids is 2. The van der Waals surface area contributed by atoms with E-state index < -0.39 is 0 Å². The number of nitrogens with one attached hydrogen (secondary N) is 1. The number of hydrogen-bond acceptors (Lipinski definition) is 2. The Bertz CT molecular complexity index is 351. The highest BCUT2D eigenvalue weighted by Gasteiger charge is 2.03. The summed E-state index contributed by atoms with van der Waals surface area (Å²) in [7, 11) is 0. The Hall–Kier alpha value is -0.910. The van der Waals surface area contributed by atoms with E-state index in [1.54, 1.807) is 22.6 Å². The second kappa shape index (κ2) is 7.38. The first-order valence-corrected chi connectivity index (χ1v) is 6.25. The van der Waals surface area contributed by atoms with Gasteiger partial charge in [0.05, 0.1) is 0 Å². The van der Waals surface area contributed by atoms with Crippen LogP contribution in [0.15, 0.2) is 30.3 Å². The standard InChI is InChI=1S/C12H14INO2/c13-11(15)6-7-12(16)14-9-8-10-4-2-1-3-5-10/h1-5H,6-9H2,(H,14,16). The van der Waals surface area contributed by atoms with Crippen LogP contribution in [0.25, 0.3) is 0 Å². The molecule has 0 unspecified atom stereocenters. The minimum atomic E-state index is -0.0547. The Kier molecular flexibility index (Phi) is 6.07. The second-order valence-electron chi connectivity index (χ2n) is 3.44. The van der Waals surface area contributed by atoms with Gasteiger partial charge in [-0.2, -0.15) is 0 Å². The van der Waals surface area contributed by atoms with Crippen LogP contribution in [0.4, 0.5) is 0 Å². The third-order valence-electron chi connectivity index (χ3n) is 2.13. The molecule has 0 heterocycles. The summed E-state index contributed by atoms with van der Waals surface area (Å²) < 4.78 is 0.0239. The van der Waals surface area contributed by atoms with E-state index >= 15 is 0 Å². The number of amides is 1. The molecule has 0 radical (unpaired) electrons. The summed E-state index contributed by atoms with van der Waals surface area (Å²) in [6.45, 7) is 0.623. The van der Waals surface area contributed by atoms with Gasteiger partial charge in [0.25, 0.3) is 0 Å². The molecule has 3 nitrogen and oxygen atoms in total. The molecule has 0 fully saturated rings. The molecule has 0 aliphatic carbocycles. The Balaban J connectivity index is 2.16. The highest BCUT2D eigenvalue weighted by Crippen LogP contribution is 1.99. The van der Waals surface area contributed by atoms with Crippen molar-refractivity contribution in [2.24, 2.45) is 0 Å². The first kappa shape index (κ1) is 13.2. The number of benzene rings is 1. The Morgan fingerprint density at radius 3 is 2.44 bits per heavy atom. The first-order valence-electron chi connectivity index (χ1n) is 5.17. The Morgan fingerprint density at radius 2 is 1.81 bits per heavy atom. The van der Waals surface area contributed by atoms with Gasteiger partial charge in [-0.25, -0.2) is 0 Å². The first-order chi connectivity index (χ1) is 7.68. The molecule has 4 heteroatoms. The van der Waals surface area contributed by atoms with E-state index in [1.165, 1.54) is 5.56 Å². The second-order valence-corrected chi connectivity index (χ2v) is 4.64. The highest BCUT2D eigenvalue weighted by atomic mass is 127. The molecule has 0 aliphatic rings. The lowest BCUT2D eigenvalue weighted by Gasteiger charge is -2.04. The van der Waals surface area contributed by atoms with Crippen molar-refractivity contribution in [3.8, 4) is 0 Å². The van der Waals surface area contributed by atoms with Crippen molar-refractivity contribution in [2.75, 3.05) is 6.54 Å². The van der Waals surface area contributed by atoms with Crippen molar-refractivity contribution in [3.05, 3.63) is 35.9 Å². The molecule has 1 rings (SSSR count). The van der Waals surface area contributed by atoms with Crippen LogP contribution in [0.3, 0.4) is 0 Å². The van der Waals surface area contributed by atoms with E-state index in [2.05, 4.69) is 5.32 Å². The fraction of sp³-hybridized carbons (Fsp3) is 0.333. The largest absolute Gasteiger partial charge is 0.356 e. The van der Waals surface area contributed by atoms with E-state index in [0.717, 1.165) is 6.42 Å². The van der Waals surface area contributed by atoms with Crippen molar-refractivity contribution in [2.45, 2.75) is 19.3 Å². The van der Waals surface area contributed by atoms with Gasteiger partial charge in [-0.15, -0.1) is 0 Å². The van der Waals surface area contributed by atoms with Crippen LogP contribution in [0, 0.1) is 0 Å². The van der Waals surface area contributed by atoms with E-state index in [-0.39, 0.29) is 16.1 Å². The minimum Gasteiger partial charge on any atom is -0.356 e. The van der Waals surface area contributed by atoms with Crippen LogP contribution in [0.5, 0.6) is 0 Å². The van der Waals surface area contributed by atoms with Gasteiger partial charge in [-0.3, -0.25) is 9.59 Å². The molecule has 1 amide bonds. The van der Waals surface area contributed by atoms with Crippen LogP contribution in [-0.2, 0) is 16.0 Å². The van der Waals surface area contributed by atoms with Gasteiger partial charge < -0.3 is 5.32 Å². The summed E-state index contributed by atoms with van der Waals surface area (Å²) >= 11 is 1.70. The fourth-order valence-corrected chi connectivity index (χ4v) is 1.56. The van der Waals surface area contributed by atoms with Gasteiger partial charge in [0.15, 0.2) is 3.79 Å². The lowest BCUT2D eigenvalue weighted by atomic mass is 10.1. The molecule has 0 saturated carbocycles. The molecule has 0 saturated heterocycles. The summed E-state index contributed by atoms with van der Waals surface area (Å²) in [6, 6.07) is 9.98. The maximum atomic E-state index is 11.3. The molecule has 1 aromatic rings. The highest BCUT2D eigenvalue weighted by molar-refractivity contribution is 14.1. The Labute approximate surface area is 109 Å². The molecule has 0 aromatic heterocycles.